The lowest BCUT2D eigenvalue weighted by Gasteiger charge is -2.35. The van der Waals surface area contributed by atoms with E-state index in [9.17, 15) is 0 Å². The molecule has 0 aromatic carbocycles. The first-order valence-corrected chi connectivity index (χ1v) is 8.30. The van der Waals surface area contributed by atoms with E-state index >= 15 is 0 Å². The van der Waals surface area contributed by atoms with E-state index in [4.69, 9.17) is 9.84 Å². The summed E-state index contributed by atoms with van der Waals surface area (Å²) in [5.74, 6) is 1.72. The predicted molar refractivity (Wildman–Crippen MR) is 86.3 cm³/mol. The molecule has 0 radical (unpaired) electrons. The van der Waals surface area contributed by atoms with Crippen molar-refractivity contribution in [3.05, 3.63) is 29.0 Å². The van der Waals surface area contributed by atoms with Gasteiger partial charge in [0.2, 0.25) is 0 Å². The molecular formula is C15H17N5OS. The Morgan fingerprint density at radius 2 is 1.95 bits per heavy atom. The van der Waals surface area contributed by atoms with Gasteiger partial charge in [-0.1, -0.05) is 0 Å². The second-order valence-corrected chi connectivity index (χ2v) is 6.44. The Morgan fingerprint density at radius 1 is 1.14 bits per heavy atom. The fourth-order valence-corrected chi connectivity index (χ4v) is 3.52. The summed E-state index contributed by atoms with van der Waals surface area (Å²) in [6, 6.07) is 6.01. The summed E-state index contributed by atoms with van der Waals surface area (Å²) in [7, 11) is 0. The number of hydrogen-bond donors (Lipinski definition) is 0. The number of thiophene rings is 1. The zero-order valence-corrected chi connectivity index (χ0v) is 13.3. The Kier molecular flexibility index (Phi) is 3.31. The van der Waals surface area contributed by atoms with Crippen LogP contribution in [0.5, 0.6) is 0 Å². The predicted octanol–water partition coefficient (Wildman–Crippen LogP) is 2.47. The Balaban J connectivity index is 1.75. The van der Waals surface area contributed by atoms with E-state index in [0.29, 0.717) is 0 Å². The summed E-state index contributed by atoms with van der Waals surface area (Å²) in [5.41, 5.74) is 1.81. The van der Waals surface area contributed by atoms with Gasteiger partial charge < -0.3 is 9.64 Å². The molecule has 0 bridgehead atoms. The first kappa shape index (κ1) is 13.7. The normalized spacial score (nSPS) is 22.4. The van der Waals surface area contributed by atoms with E-state index in [0.717, 1.165) is 35.9 Å². The number of anilines is 1. The van der Waals surface area contributed by atoms with Crippen LogP contribution in [0.4, 0.5) is 5.82 Å². The Morgan fingerprint density at radius 3 is 2.68 bits per heavy atom. The molecule has 4 rings (SSSR count). The van der Waals surface area contributed by atoms with Crippen molar-refractivity contribution in [3.8, 4) is 11.4 Å². The zero-order valence-electron chi connectivity index (χ0n) is 12.5. The highest BCUT2D eigenvalue weighted by molar-refractivity contribution is 7.08. The summed E-state index contributed by atoms with van der Waals surface area (Å²) < 4.78 is 7.62. The molecule has 6 nitrogen and oxygen atoms in total. The molecule has 2 unspecified atom stereocenters. The number of ether oxygens (including phenoxy) is 1. The SMILES string of the molecule is CC1CN(c2ccc3nnc(-c4ccsc4)n3n2)CC(C)O1. The first-order valence-electron chi connectivity index (χ1n) is 7.36. The van der Waals surface area contributed by atoms with Gasteiger partial charge in [0.05, 0.1) is 12.2 Å². The maximum Gasteiger partial charge on any atom is 0.186 e. The number of nitrogens with zero attached hydrogens (tertiary/aromatic N) is 5. The van der Waals surface area contributed by atoms with E-state index < -0.39 is 0 Å². The molecule has 1 aliphatic rings. The van der Waals surface area contributed by atoms with Crippen LogP contribution in [0.1, 0.15) is 13.8 Å². The third-order valence-electron chi connectivity index (χ3n) is 3.77. The highest BCUT2D eigenvalue weighted by atomic mass is 32.1. The molecule has 114 valence electrons. The highest BCUT2D eigenvalue weighted by Gasteiger charge is 2.24. The van der Waals surface area contributed by atoms with E-state index in [2.05, 4.69) is 34.3 Å². The number of fused-ring (bicyclic) bond motifs is 1. The maximum atomic E-state index is 5.79. The van der Waals surface area contributed by atoms with Crippen LogP contribution < -0.4 is 4.90 Å². The van der Waals surface area contributed by atoms with Gasteiger partial charge in [-0.25, -0.2) is 0 Å². The van der Waals surface area contributed by atoms with Crippen molar-refractivity contribution in [2.45, 2.75) is 26.1 Å². The second-order valence-electron chi connectivity index (χ2n) is 5.66. The number of morpholine rings is 1. The lowest BCUT2D eigenvalue weighted by atomic mass is 10.2. The molecule has 22 heavy (non-hydrogen) atoms. The van der Waals surface area contributed by atoms with Crippen LogP contribution >= 0.6 is 11.3 Å². The van der Waals surface area contributed by atoms with Gasteiger partial charge in [0.1, 0.15) is 5.82 Å². The number of rotatable bonds is 2. The van der Waals surface area contributed by atoms with Gasteiger partial charge in [-0.05, 0) is 37.4 Å². The quantitative estimate of drug-likeness (QED) is 0.727. The minimum absolute atomic E-state index is 0.207. The van der Waals surface area contributed by atoms with Gasteiger partial charge in [-0.2, -0.15) is 15.9 Å². The van der Waals surface area contributed by atoms with Crippen LogP contribution in [-0.4, -0.2) is 45.1 Å². The monoisotopic (exact) mass is 315 g/mol. The third kappa shape index (κ3) is 2.36. The van der Waals surface area contributed by atoms with E-state index in [1.54, 1.807) is 11.3 Å². The summed E-state index contributed by atoms with van der Waals surface area (Å²) in [6.45, 7) is 5.88. The van der Waals surface area contributed by atoms with Crippen molar-refractivity contribution < 1.29 is 4.74 Å². The fraction of sp³-hybridized carbons (Fsp3) is 0.400. The number of aromatic nitrogens is 4. The Bertz CT molecular complexity index is 774. The third-order valence-corrected chi connectivity index (χ3v) is 4.45. The van der Waals surface area contributed by atoms with Crippen LogP contribution in [0.25, 0.3) is 17.0 Å². The van der Waals surface area contributed by atoms with Crippen LogP contribution in [0.3, 0.4) is 0 Å². The molecule has 2 atom stereocenters. The molecule has 0 spiro atoms. The molecule has 1 aliphatic heterocycles. The molecule has 3 aromatic rings. The summed E-state index contributed by atoms with van der Waals surface area (Å²) in [6.07, 6.45) is 0.414. The van der Waals surface area contributed by atoms with Crippen molar-refractivity contribution in [3.63, 3.8) is 0 Å². The van der Waals surface area contributed by atoms with Crippen molar-refractivity contribution in [2.75, 3.05) is 18.0 Å². The van der Waals surface area contributed by atoms with Gasteiger partial charge in [-0.3, -0.25) is 0 Å². The molecule has 4 heterocycles. The van der Waals surface area contributed by atoms with E-state index in [1.807, 2.05) is 28.1 Å². The molecule has 1 saturated heterocycles. The van der Waals surface area contributed by atoms with Gasteiger partial charge in [0.25, 0.3) is 0 Å². The standard InChI is InChI=1S/C15H17N5OS/c1-10-7-19(8-11(2)21-10)14-4-3-13-16-17-15(20(13)18-14)12-5-6-22-9-12/h3-6,9-11H,7-8H2,1-2H3. The average Bonchev–Trinajstić information content (AvgIpc) is 3.14. The average molecular weight is 315 g/mol. The fourth-order valence-electron chi connectivity index (χ4n) is 2.88. The van der Waals surface area contributed by atoms with Gasteiger partial charge in [0.15, 0.2) is 11.5 Å². The van der Waals surface area contributed by atoms with E-state index in [1.165, 1.54) is 0 Å². The minimum Gasteiger partial charge on any atom is -0.372 e. The molecule has 1 fully saturated rings. The summed E-state index contributed by atoms with van der Waals surface area (Å²) in [4.78, 5) is 2.26. The Labute approximate surface area is 132 Å². The number of hydrogen-bond acceptors (Lipinski definition) is 6. The summed E-state index contributed by atoms with van der Waals surface area (Å²) >= 11 is 1.64. The molecule has 3 aromatic heterocycles. The minimum atomic E-state index is 0.207. The lowest BCUT2D eigenvalue weighted by Crippen LogP contribution is -2.46. The van der Waals surface area contributed by atoms with Crippen molar-refractivity contribution in [2.24, 2.45) is 0 Å². The smallest absolute Gasteiger partial charge is 0.186 e. The molecule has 0 saturated carbocycles. The Hall–Kier alpha value is -1.99. The zero-order chi connectivity index (χ0) is 15.1. The van der Waals surface area contributed by atoms with Gasteiger partial charge in [-0.15, -0.1) is 15.3 Å². The van der Waals surface area contributed by atoms with Gasteiger partial charge >= 0.3 is 0 Å². The first-order chi connectivity index (χ1) is 10.7. The second kappa shape index (κ2) is 5.33. The van der Waals surface area contributed by atoms with Crippen LogP contribution in [0.15, 0.2) is 29.0 Å². The van der Waals surface area contributed by atoms with Crippen molar-refractivity contribution in [1.29, 1.82) is 0 Å². The highest BCUT2D eigenvalue weighted by Crippen LogP contribution is 2.23. The molecular weight excluding hydrogens is 298 g/mol. The lowest BCUT2D eigenvalue weighted by molar-refractivity contribution is -0.00551. The summed E-state index contributed by atoms with van der Waals surface area (Å²) in [5, 5.41) is 17.3. The topological polar surface area (TPSA) is 55.6 Å². The van der Waals surface area contributed by atoms with Crippen molar-refractivity contribution >= 4 is 22.8 Å². The van der Waals surface area contributed by atoms with Crippen LogP contribution in [0, 0.1) is 0 Å². The van der Waals surface area contributed by atoms with Crippen LogP contribution in [0.2, 0.25) is 0 Å². The maximum absolute atomic E-state index is 5.79. The van der Waals surface area contributed by atoms with E-state index in [-0.39, 0.29) is 12.2 Å². The molecule has 0 N–H and O–H groups in total. The van der Waals surface area contributed by atoms with Gasteiger partial charge in [0, 0.05) is 24.0 Å². The largest absolute Gasteiger partial charge is 0.372 e. The molecule has 0 aliphatic carbocycles. The molecule has 0 amide bonds. The van der Waals surface area contributed by atoms with Crippen LogP contribution in [-0.2, 0) is 4.74 Å². The molecule has 7 heteroatoms. The van der Waals surface area contributed by atoms with Crippen molar-refractivity contribution in [1.82, 2.24) is 19.8 Å².